The maximum Gasteiger partial charge on any atom is 0.255 e. The average molecular weight is 411 g/mol. The van der Waals surface area contributed by atoms with Crippen molar-refractivity contribution in [2.24, 2.45) is 0 Å². The Morgan fingerprint density at radius 1 is 1.08 bits per heavy atom. The molecule has 0 fully saturated rings. The third-order valence-corrected chi connectivity index (χ3v) is 5.80. The van der Waals surface area contributed by atoms with Crippen LogP contribution in [0.2, 0.25) is 0 Å². The van der Waals surface area contributed by atoms with Gasteiger partial charge in [0.25, 0.3) is 5.91 Å². The molecule has 0 unspecified atom stereocenters. The molecular weight excluding hydrogens is 392 g/mol. The van der Waals surface area contributed by atoms with Gasteiger partial charge in [-0.3, -0.25) is 4.79 Å². The highest BCUT2D eigenvalue weighted by molar-refractivity contribution is 9.10. The summed E-state index contributed by atoms with van der Waals surface area (Å²) in [4.78, 5) is 12.4. The Balaban J connectivity index is 2.15. The lowest BCUT2D eigenvalue weighted by Crippen LogP contribution is -2.30. The molecule has 0 saturated carbocycles. The SMILES string of the molecule is Cc1cc(NC(=O)c2ccc(S(=O)(=O)NC(C)C)cc2)ccc1Br. The Morgan fingerprint density at radius 2 is 1.71 bits per heavy atom. The number of aryl methyl sites for hydroxylation is 1. The van der Waals surface area contributed by atoms with Crippen LogP contribution < -0.4 is 10.0 Å². The van der Waals surface area contributed by atoms with Gasteiger partial charge in [0.05, 0.1) is 4.90 Å². The number of halogens is 1. The molecular formula is C17H19BrN2O3S. The van der Waals surface area contributed by atoms with Gasteiger partial charge in [0.2, 0.25) is 10.0 Å². The number of amides is 1. The molecule has 2 aromatic rings. The van der Waals surface area contributed by atoms with Gasteiger partial charge in [0.1, 0.15) is 0 Å². The highest BCUT2D eigenvalue weighted by atomic mass is 79.9. The summed E-state index contributed by atoms with van der Waals surface area (Å²) in [5.74, 6) is -0.294. The van der Waals surface area contributed by atoms with Crippen molar-refractivity contribution in [3.05, 3.63) is 58.1 Å². The van der Waals surface area contributed by atoms with E-state index in [1.807, 2.05) is 19.1 Å². The van der Waals surface area contributed by atoms with E-state index < -0.39 is 10.0 Å². The molecule has 1 amide bonds. The van der Waals surface area contributed by atoms with E-state index in [4.69, 9.17) is 0 Å². The molecule has 0 bridgehead atoms. The molecule has 0 aromatic heterocycles. The molecule has 0 saturated heterocycles. The highest BCUT2D eigenvalue weighted by Gasteiger charge is 2.16. The minimum absolute atomic E-state index is 0.132. The van der Waals surface area contributed by atoms with Crippen LogP contribution in [-0.2, 0) is 10.0 Å². The van der Waals surface area contributed by atoms with Crippen molar-refractivity contribution in [2.75, 3.05) is 5.32 Å². The summed E-state index contributed by atoms with van der Waals surface area (Å²) in [5.41, 5.74) is 2.08. The van der Waals surface area contributed by atoms with E-state index >= 15 is 0 Å². The Kier molecular flexibility index (Phi) is 5.79. The molecule has 0 spiro atoms. The van der Waals surface area contributed by atoms with Crippen molar-refractivity contribution in [3.8, 4) is 0 Å². The molecule has 24 heavy (non-hydrogen) atoms. The molecule has 5 nitrogen and oxygen atoms in total. The zero-order valence-electron chi connectivity index (χ0n) is 13.6. The molecule has 0 aliphatic heterocycles. The second-order valence-electron chi connectivity index (χ2n) is 5.72. The van der Waals surface area contributed by atoms with Gasteiger partial charge in [-0.1, -0.05) is 15.9 Å². The van der Waals surface area contributed by atoms with Crippen molar-refractivity contribution in [1.29, 1.82) is 0 Å². The number of carbonyl (C=O) groups excluding carboxylic acids is 1. The molecule has 2 aromatic carbocycles. The first-order valence-electron chi connectivity index (χ1n) is 7.39. The van der Waals surface area contributed by atoms with Crippen LogP contribution in [0.4, 0.5) is 5.69 Å². The first-order valence-corrected chi connectivity index (χ1v) is 9.66. The third-order valence-electron chi connectivity index (χ3n) is 3.23. The summed E-state index contributed by atoms with van der Waals surface area (Å²) in [7, 11) is -3.56. The molecule has 2 N–H and O–H groups in total. The maximum absolute atomic E-state index is 12.3. The summed E-state index contributed by atoms with van der Waals surface area (Å²) >= 11 is 3.41. The van der Waals surface area contributed by atoms with Gasteiger partial charge >= 0.3 is 0 Å². The van der Waals surface area contributed by atoms with E-state index in [1.54, 1.807) is 19.9 Å². The molecule has 128 valence electrons. The van der Waals surface area contributed by atoms with Gasteiger partial charge in [-0.15, -0.1) is 0 Å². The number of sulfonamides is 1. The van der Waals surface area contributed by atoms with Gasteiger partial charge in [0.15, 0.2) is 0 Å². The van der Waals surface area contributed by atoms with Crippen LogP contribution in [0.3, 0.4) is 0 Å². The molecule has 2 rings (SSSR count). The fourth-order valence-corrected chi connectivity index (χ4v) is 3.59. The van der Waals surface area contributed by atoms with Crippen molar-refractivity contribution in [1.82, 2.24) is 4.72 Å². The predicted molar refractivity (Wildman–Crippen MR) is 98.7 cm³/mol. The largest absolute Gasteiger partial charge is 0.322 e. The fraction of sp³-hybridized carbons (Fsp3) is 0.235. The van der Waals surface area contributed by atoms with Crippen molar-refractivity contribution < 1.29 is 13.2 Å². The summed E-state index contributed by atoms with van der Waals surface area (Å²) in [5, 5.41) is 2.79. The van der Waals surface area contributed by atoms with Crippen LogP contribution >= 0.6 is 15.9 Å². The smallest absolute Gasteiger partial charge is 0.255 e. The van der Waals surface area contributed by atoms with Crippen molar-refractivity contribution >= 4 is 37.5 Å². The van der Waals surface area contributed by atoms with Crippen molar-refractivity contribution in [2.45, 2.75) is 31.7 Å². The van der Waals surface area contributed by atoms with E-state index in [0.717, 1.165) is 10.0 Å². The lowest BCUT2D eigenvalue weighted by molar-refractivity contribution is 0.102. The van der Waals surface area contributed by atoms with Crippen LogP contribution in [-0.4, -0.2) is 20.4 Å². The maximum atomic E-state index is 12.3. The van der Waals surface area contributed by atoms with Gasteiger partial charge in [-0.25, -0.2) is 13.1 Å². The first kappa shape index (κ1) is 18.6. The number of carbonyl (C=O) groups is 1. The number of hydrogen-bond donors (Lipinski definition) is 2. The molecule has 7 heteroatoms. The lowest BCUT2D eigenvalue weighted by atomic mass is 10.2. The minimum Gasteiger partial charge on any atom is -0.322 e. The van der Waals surface area contributed by atoms with E-state index in [-0.39, 0.29) is 16.8 Å². The topological polar surface area (TPSA) is 75.3 Å². The van der Waals surface area contributed by atoms with Gasteiger partial charge in [-0.2, -0.15) is 0 Å². The number of hydrogen-bond acceptors (Lipinski definition) is 3. The molecule has 0 aliphatic rings. The van der Waals surface area contributed by atoms with Crippen LogP contribution in [0.5, 0.6) is 0 Å². The van der Waals surface area contributed by atoms with Crippen LogP contribution in [0.1, 0.15) is 29.8 Å². The van der Waals surface area contributed by atoms with Crippen molar-refractivity contribution in [3.63, 3.8) is 0 Å². The second-order valence-corrected chi connectivity index (χ2v) is 8.29. The Bertz CT molecular complexity index is 847. The van der Waals surface area contributed by atoms with Gasteiger partial charge in [-0.05, 0) is 68.8 Å². The summed E-state index contributed by atoms with van der Waals surface area (Å²) in [6, 6.07) is 11.1. The number of nitrogens with one attached hydrogen (secondary N) is 2. The highest BCUT2D eigenvalue weighted by Crippen LogP contribution is 2.20. The predicted octanol–water partition coefficient (Wildman–Crippen LogP) is 3.70. The van der Waals surface area contributed by atoms with Gasteiger partial charge in [0, 0.05) is 21.8 Å². The first-order chi connectivity index (χ1) is 11.2. The monoisotopic (exact) mass is 410 g/mol. The number of benzene rings is 2. The number of anilines is 1. The molecule has 0 heterocycles. The zero-order valence-corrected chi connectivity index (χ0v) is 16.0. The second kappa shape index (κ2) is 7.46. The summed E-state index contributed by atoms with van der Waals surface area (Å²) < 4.78 is 27.6. The van der Waals surface area contributed by atoms with E-state index in [1.165, 1.54) is 24.3 Å². The summed E-state index contributed by atoms with van der Waals surface area (Å²) in [6.07, 6.45) is 0. The molecule has 0 atom stereocenters. The lowest BCUT2D eigenvalue weighted by Gasteiger charge is -2.10. The summed E-state index contributed by atoms with van der Waals surface area (Å²) in [6.45, 7) is 5.43. The molecule has 0 aliphatic carbocycles. The van der Waals surface area contributed by atoms with E-state index in [2.05, 4.69) is 26.0 Å². The molecule has 0 radical (unpaired) electrons. The normalized spacial score (nSPS) is 11.5. The Morgan fingerprint density at radius 3 is 2.25 bits per heavy atom. The van der Waals surface area contributed by atoms with Crippen LogP contribution in [0.15, 0.2) is 51.8 Å². The van der Waals surface area contributed by atoms with E-state index in [9.17, 15) is 13.2 Å². The fourth-order valence-electron chi connectivity index (χ4n) is 2.09. The third kappa shape index (κ3) is 4.66. The quantitative estimate of drug-likeness (QED) is 0.788. The van der Waals surface area contributed by atoms with E-state index in [0.29, 0.717) is 11.3 Å². The Labute approximate surface area is 150 Å². The van der Waals surface area contributed by atoms with Gasteiger partial charge < -0.3 is 5.32 Å². The average Bonchev–Trinajstić information content (AvgIpc) is 2.50. The standard InChI is InChI=1S/C17H19BrN2O3S/c1-11(2)20-24(22,23)15-7-4-13(5-8-15)17(21)19-14-6-9-16(18)12(3)10-14/h4-11,20H,1-3H3,(H,19,21). The zero-order chi connectivity index (χ0) is 17.9. The Hall–Kier alpha value is -1.70. The minimum atomic E-state index is -3.56. The number of rotatable bonds is 5. The van der Waals surface area contributed by atoms with Crippen LogP contribution in [0, 0.1) is 6.92 Å². The van der Waals surface area contributed by atoms with Crippen LogP contribution in [0.25, 0.3) is 0 Å².